The molecule has 28 heavy (non-hydrogen) atoms. The van der Waals surface area contributed by atoms with Crippen LogP contribution >= 0.6 is 0 Å². The average molecular weight is 366 g/mol. The van der Waals surface area contributed by atoms with E-state index in [2.05, 4.69) is 22.1 Å². The summed E-state index contributed by atoms with van der Waals surface area (Å²) >= 11 is 0. The van der Waals surface area contributed by atoms with Gasteiger partial charge in [-0.25, -0.2) is 0 Å². The number of nitrogens with zero attached hydrogens (tertiary/aromatic N) is 1. The lowest BCUT2D eigenvalue weighted by Gasteiger charge is -2.05. The second-order valence-electron chi connectivity index (χ2n) is 6.22. The van der Waals surface area contributed by atoms with Crippen molar-refractivity contribution in [2.24, 2.45) is 0 Å². The van der Waals surface area contributed by atoms with Crippen LogP contribution in [0.4, 0.5) is 0 Å². The number of hydrogen-bond acceptors (Lipinski definition) is 3. The Bertz CT molecular complexity index is 1200. The van der Waals surface area contributed by atoms with Crippen molar-refractivity contribution < 1.29 is 9.53 Å². The van der Waals surface area contributed by atoms with Crippen LogP contribution in [-0.4, -0.2) is 24.0 Å². The molecule has 0 bridgehead atoms. The number of aromatic nitrogens is 1. The van der Waals surface area contributed by atoms with Gasteiger partial charge < -0.3 is 10.1 Å². The molecule has 1 amide bonds. The highest BCUT2D eigenvalue weighted by Gasteiger charge is 2.05. The number of carbonyl (C=O) groups is 1. The van der Waals surface area contributed by atoms with Crippen molar-refractivity contribution in [2.75, 3.05) is 13.2 Å². The molecule has 4 aromatic rings. The fourth-order valence-electron chi connectivity index (χ4n) is 2.98. The molecular weight excluding hydrogens is 348 g/mol. The number of nitrogens with one attached hydrogen (secondary N) is 1. The fourth-order valence-corrected chi connectivity index (χ4v) is 2.98. The smallest absolute Gasteiger partial charge is 0.252 e. The van der Waals surface area contributed by atoms with Gasteiger partial charge in [-0.1, -0.05) is 60.4 Å². The Morgan fingerprint density at radius 3 is 2.64 bits per heavy atom. The molecule has 0 radical (unpaired) electrons. The maximum Gasteiger partial charge on any atom is 0.252 e. The highest BCUT2D eigenvalue weighted by Crippen LogP contribution is 2.22. The summed E-state index contributed by atoms with van der Waals surface area (Å²) in [5.41, 5.74) is 1.44. The minimum Gasteiger partial charge on any atom is -0.479 e. The molecule has 0 saturated heterocycles. The third kappa shape index (κ3) is 3.94. The highest BCUT2D eigenvalue weighted by atomic mass is 16.5. The monoisotopic (exact) mass is 366 g/mol. The summed E-state index contributed by atoms with van der Waals surface area (Å²) < 4.78 is 5.71. The summed E-state index contributed by atoms with van der Waals surface area (Å²) in [6, 6.07) is 23.3. The Balaban J connectivity index is 1.31. The van der Waals surface area contributed by atoms with Gasteiger partial charge in [0.05, 0.1) is 6.54 Å². The van der Waals surface area contributed by atoms with Crippen LogP contribution in [0.3, 0.4) is 0 Å². The van der Waals surface area contributed by atoms with E-state index in [1.54, 1.807) is 6.20 Å². The second kappa shape index (κ2) is 8.24. The number of para-hydroxylation sites is 1. The van der Waals surface area contributed by atoms with Crippen molar-refractivity contribution in [1.82, 2.24) is 10.3 Å². The normalized spacial score (nSPS) is 10.3. The van der Waals surface area contributed by atoms with Gasteiger partial charge in [0.25, 0.3) is 5.91 Å². The Hall–Kier alpha value is -3.84. The van der Waals surface area contributed by atoms with Gasteiger partial charge in [0.2, 0.25) is 0 Å². The van der Waals surface area contributed by atoms with E-state index >= 15 is 0 Å². The van der Waals surface area contributed by atoms with Crippen molar-refractivity contribution in [3.8, 4) is 17.6 Å². The molecule has 0 atom stereocenters. The van der Waals surface area contributed by atoms with Crippen molar-refractivity contribution in [3.05, 3.63) is 84.6 Å². The lowest BCUT2D eigenvalue weighted by molar-refractivity contribution is 0.0959. The predicted octanol–water partition coefficient (Wildman–Crippen LogP) is 4.20. The first kappa shape index (κ1) is 17.6. The summed E-state index contributed by atoms with van der Waals surface area (Å²) in [7, 11) is 0. The van der Waals surface area contributed by atoms with Crippen LogP contribution in [0.1, 0.15) is 10.4 Å². The van der Waals surface area contributed by atoms with Crippen LogP contribution < -0.4 is 10.1 Å². The van der Waals surface area contributed by atoms with Crippen molar-refractivity contribution in [2.45, 2.75) is 0 Å². The minimum atomic E-state index is -0.140. The van der Waals surface area contributed by atoms with E-state index in [0.29, 0.717) is 11.3 Å². The standard InChI is InChI=1S/C24H18N2O2/c27-24(21-13-12-18-7-1-2-8-20(18)17-21)26-14-3-4-16-28-22-11-5-9-19-10-6-15-25-23(19)22/h1-2,5-13,15,17H,14,16H2,(H,26,27). The van der Waals surface area contributed by atoms with E-state index < -0.39 is 0 Å². The number of ether oxygens (including phenoxy) is 1. The number of hydrogen-bond donors (Lipinski definition) is 1. The number of fused-ring (bicyclic) bond motifs is 2. The molecule has 0 spiro atoms. The van der Waals surface area contributed by atoms with Crippen LogP contribution in [0, 0.1) is 11.8 Å². The molecule has 0 unspecified atom stereocenters. The Morgan fingerprint density at radius 1 is 0.893 bits per heavy atom. The van der Waals surface area contributed by atoms with Gasteiger partial charge in [-0.3, -0.25) is 9.78 Å². The number of benzene rings is 3. The van der Waals surface area contributed by atoms with Gasteiger partial charge in [-0.2, -0.15) is 0 Å². The molecule has 4 nitrogen and oxygen atoms in total. The molecule has 1 N–H and O–H groups in total. The lowest BCUT2D eigenvalue weighted by Crippen LogP contribution is -2.23. The number of rotatable bonds is 4. The highest BCUT2D eigenvalue weighted by molar-refractivity contribution is 5.98. The van der Waals surface area contributed by atoms with E-state index in [0.717, 1.165) is 21.7 Å². The Kier molecular flexibility index (Phi) is 5.17. The molecule has 0 fully saturated rings. The molecule has 4 heteroatoms. The van der Waals surface area contributed by atoms with Crippen LogP contribution in [0.15, 0.2) is 79.0 Å². The summed E-state index contributed by atoms with van der Waals surface area (Å²) in [5, 5.41) is 5.99. The summed E-state index contributed by atoms with van der Waals surface area (Å²) in [6.07, 6.45) is 1.74. The number of amides is 1. The zero-order valence-electron chi connectivity index (χ0n) is 15.2. The van der Waals surface area contributed by atoms with Crippen LogP contribution in [-0.2, 0) is 0 Å². The first-order valence-electron chi connectivity index (χ1n) is 9.00. The number of pyridine rings is 1. The van der Waals surface area contributed by atoms with Gasteiger partial charge in [-0.05, 0) is 35.0 Å². The van der Waals surface area contributed by atoms with Crippen LogP contribution in [0.25, 0.3) is 21.7 Å². The lowest BCUT2D eigenvalue weighted by atomic mass is 10.1. The molecule has 0 saturated carbocycles. The summed E-state index contributed by atoms with van der Waals surface area (Å²) in [6.45, 7) is 0.504. The summed E-state index contributed by atoms with van der Waals surface area (Å²) in [4.78, 5) is 16.6. The van der Waals surface area contributed by atoms with E-state index in [1.807, 2.05) is 72.8 Å². The average Bonchev–Trinajstić information content (AvgIpc) is 2.75. The first-order valence-corrected chi connectivity index (χ1v) is 9.00. The third-order valence-electron chi connectivity index (χ3n) is 4.37. The van der Waals surface area contributed by atoms with Crippen molar-refractivity contribution in [3.63, 3.8) is 0 Å². The molecule has 3 aromatic carbocycles. The number of carbonyl (C=O) groups excluding carboxylic acids is 1. The largest absolute Gasteiger partial charge is 0.479 e. The molecule has 0 aliphatic heterocycles. The molecule has 1 heterocycles. The molecular formula is C24H18N2O2. The SMILES string of the molecule is O=C(NCC#CCOc1cccc2cccnc12)c1ccc2ccccc2c1. The maximum atomic E-state index is 12.3. The van der Waals surface area contributed by atoms with Crippen LogP contribution in [0.5, 0.6) is 5.75 Å². The van der Waals surface area contributed by atoms with Gasteiger partial charge in [0.15, 0.2) is 0 Å². The quantitative estimate of drug-likeness (QED) is 0.551. The van der Waals surface area contributed by atoms with Crippen LogP contribution in [0.2, 0.25) is 0 Å². The molecule has 0 aliphatic rings. The van der Waals surface area contributed by atoms with E-state index in [-0.39, 0.29) is 19.1 Å². The Labute approximate surface area is 163 Å². The first-order chi connectivity index (χ1) is 13.8. The van der Waals surface area contributed by atoms with Gasteiger partial charge in [-0.15, -0.1) is 0 Å². The molecule has 0 aliphatic carbocycles. The third-order valence-corrected chi connectivity index (χ3v) is 4.37. The predicted molar refractivity (Wildman–Crippen MR) is 111 cm³/mol. The topological polar surface area (TPSA) is 51.2 Å². The maximum absolute atomic E-state index is 12.3. The van der Waals surface area contributed by atoms with E-state index in [9.17, 15) is 4.79 Å². The second-order valence-corrected chi connectivity index (χ2v) is 6.22. The van der Waals surface area contributed by atoms with Gasteiger partial charge in [0.1, 0.15) is 17.9 Å². The molecule has 1 aromatic heterocycles. The molecule has 4 rings (SSSR count). The van der Waals surface area contributed by atoms with E-state index in [4.69, 9.17) is 4.74 Å². The minimum absolute atomic E-state index is 0.140. The zero-order valence-corrected chi connectivity index (χ0v) is 15.2. The Morgan fingerprint density at radius 2 is 1.71 bits per heavy atom. The van der Waals surface area contributed by atoms with Crippen molar-refractivity contribution >= 4 is 27.6 Å². The fraction of sp³-hybridized carbons (Fsp3) is 0.0833. The van der Waals surface area contributed by atoms with Gasteiger partial charge in [0, 0.05) is 17.1 Å². The van der Waals surface area contributed by atoms with Crippen molar-refractivity contribution in [1.29, 1.82) is 0 Å². The summed E-state index contributed by atoms with van der Waals surface area (Å²) in [5.74, 6) is 6.40. The molecule has 136 valence electrons. The van der Waals surface area contributed by atoms with E-state index in [1.165, 1.54) is 0 Å². The zero-order chi connectivity index (χ0) is 19.2. The van der Waals surface area contributed by atoms with Gasteiger partial charge >= 0.3 is 0 Å².